The van der Waals surface area contributed by atoms with E-state index in [1.807, 2.05) is 0 Å². The van der Waals surface area contributed by atoms with Gasteiger partial charge >= 0.3 is 6.03 Å². The Kier molecular flexibility index (Phi) is 2.80. The van der Waals surface area contributed by atoms with Gasteiger partial charge in [0.05, 0.1) is 0 Å². The van der Waals surface area contributed by atoms with Crippen LogP contribution in [0.2, 0.25) is 0 Å². The summed E-state index contributed by atoms with van der Waals surface area (Å²) in [7, 11) is 0. The van der Waals surface area contributed by atoms with Gasteiger partial charge in [0.25, 0.3) is 5.91 Å². The first-order valence-corrected chi connectivity index (χ1v) is 4.71. The van der Waals surface area contributed by atoms with E-state index in [9.17, 15) is 14.7 Å². The van der Waals surface area contributed by atoms with E-state index in [1.165, 1.54) is 4.90 Å². The van der Waals surface area contributed by atoms with Gasteiger partial charge in [-0.2, -0.15) is 0 Å². The van der Waals surface area contributed by atoms with Gasteiger partial charge in [-0.15, -0.1) is 0 Å². The van der Waals surface area contributed by atoms with E-state index in [1.54, 1.807) is 27.7 Å². The number of hydrogen-bond donors (Lipinski definition) is 1. The fourth-order valence-corrected chi connectivity index (χ4v) is 1.55. The predicted molar refractivity (Wildman–Crippen MR) is 50.4 cm³/mol. The molecular weight excluding hydrogens is 184 g/mol. The Morgan fingerprint density at radius 2 is 1.64 bits per heavy atom. The minimum atomic E-state index is -1.31. The molecule has 0 spiro atoms. The molecule has 0 bridgehead atoms. The molecule has 0 saturated carbocycles. The summed E-state index contributed by atoms with van der Waals surface area (Å²) < 4.78 is 0. The lowest BCUT2D eigenvalue weighted by Gasteiger charge is -2.23. The topological polar surface area (TPSA) is 60.9 Å². The second-order valence-corrected chi connectivity index (χ2v) is 3.96. The van der Waals surface area contributed by atoms with Crippen LogP contribution >= 0.6 is 0 Å². The first-order chi connectivity index (χ1) is 6.37. The molecule has 1 fully saturated rings. The van der Waals surface area contributed by atoms with Gasteiger partial charge in [-0.05, 0) is 27.7 Å². The van der Waals surface area contributed by atoms with Crippen molar-refractivity contribution in [3.63, 3.8) is 0 Å². The van der Waals surface area contributed by atoms with E-state index in [0.717, 1.165) is 4.90 Å². The fourth-order valence-electron chi connectivity index (χ4n) is 1.55. The molecule has 5 nitrogen and oxygen atoms in total. The smallest absolute Gasteiger partial charge is 0.329 e. The summed E-state index contributed by atoms with van der Waals surface area (Å²) >= 11 is 0. The van der Waals surface area contributed by atoms with Crippen LogP contribution in [0.1, 0.15) is 27.7 Å². The molecule has 3 amide bonds. The Labute approximate surface area is 83.3 Å². The standard InChI is InChI=1S/C9H16N2O3/c1-5(2)10-7(12)8(13)11(6(3)4)9(10)14/h5-7,12H,1-4H3. The maximum Gasteiger partial charge on any atom is 0.329 e. The van der Waals surface area contributed by atoms with Crippen molar-refractivity contribution in [1.82, 2.24) is 9.80 Å². The van der Waals surface area contributed by atoms with Crippen molar-refractivity contribution in [2.75, 3.05) is 0 Å². The Hall–Kier alpha value is -1.10. The molecule has 1 N–H and O–H groups in total. The normalized spacial score (nSPS) is 23.2. The quantitative estimate of drug-likeness (QED) is 0.656. The molecule has 1 aliphatic rings. The first-order valence-electron chi connectivity index (χ1n) is 4.71. The second-order valence-electron chi connectivity index (χ2n) is 3.96. The van der Waals surface area contributed by atoms with Crippen molar-refractivity contribution in [2.45, 2.75) is 46.0 Å². The molecule has 0 radical (unpaired) electrons. The SMILES string of the molecule is CC(C)N1C(=O)C(O)N(C(C)C)C1=O. The highest BCUT2D eigenvalue weighted by Gasteiger charge is 2.46. The van der Waals surface area contributed by atoms with E-state index >= 15 is 0 Å². The van der Waals surface area contributed by atoms with Crippen molar-refractivity contribution < 1.29 is 14.7 Å². The number of imide groups is 1. The monoisotopic (exact) mass is 200 g/mol. The highest BCUT2D eigenvalue weighted by Crippen LogP contribution is 2.20. The summed E-state index contributed by atoms with van der Waals surface area (Å²) in [6.07, 6.45) is -1.31. The van der Waals surface area contributed by atoms with E-state index in [2.05, 4.69) is 0 Å². The van der Waals surface area contributed by atoms with Crippen molar-refractivity contribution >= 4 is 11.9 Å². The summed E-state index contributed by atoms with van der Waals surface area (Å²) in [6.45, 7) is 7.01. The second kappa shape index (κ2) is 3.57. The average molecular weight is 200 g/mol. The maximum absolute atomic E-state index is 11.7. The van der Waals surface area contributed by atoms with Crippen molar-refractivity contribution in [3.8, 4) is 0 Å². The summed E-state index contributed by atoms with van der Waals surface area (Å²) in [4.78, 5) is 25.4. The molecule has 1 unspecified atom stereocenters. The number of aliphatic hydroxyl groups excluding tert-OH is 1. The molecule has 5 heteroatoms. The van der Waals surface area contributed by atoms with E-state index in [4.69, 9.17) is 0 Å². The third-order valence-corrected chi connectivity index (χ3v) is 2.22. The molecular formula is C9H16N2O3. The van der Waals surface area contributed by atoms with Crippen LogP contribution < -0.4 is 0 Å². The van der Waals surface area contributed by atoms with Gasteiger partial charge in [-0.1, -0.05) is 0 Å². The number of carbonyl (C=O) groups excluding carboxylic acids is 2. The number of carbonyl (C=O) groups is 2. The minimum absolute atomic E-state index is 0.176. The Bertz CT molecular complexity index is 263. The molecule has 0 aliphatic carbocycles. The third kappa shape index (κ3) is 1.48. The summed E-state index contributed by atoms with van der Waals surface area (Å²) in [6, 6.07) is -0.800. The highest BCUT2D eigenvalue weighted by molar-refractivity contribution is 6.03. The van der Waals surface area contributed by atoms with Gasteiger partial charge in [0.1, 0.15) is 0 Å². The van der Waals surface area contributed by atoms with Crippen LogP contribution in [0.3, 0.4) is 0 Å². The van der Waals surface area contributed by atoms with Gasteiger partial charge in [0.15, 0.2) is 0 Å². The molecule has 0 aromatic heterocycles. The molecule has 1 heterocycles. The molecule has 1 rings (SSSR count). The summed E-state index contributed by atoms with van der Waals surface area (Å²) in [5.74, 6) is -0.529. The lowest BCUT2D eigenvalue weighted by Crippen LogP contribution is -2.41. The zero-order chi connectivity index (χ0) is 11.0. The van der Waals surface area contributed by atoms with Gasteiger partial charge in [-0.3, -0.25) is 14.6 Å². The Morgan fingerprint density at radius 3 is 1.86 bits per heavy atom. The largest absolute Gasteiger partial charge is 0.365 e. The fraction of sp³-hybridized carbons (Fsp3) is 0.778. The number of aliphatic hydroxyl groups is 1. The van der Waals surface area contributed by atoms with Crippen LogP contribution in [-0.2, 0) is 4.79 Å². The zero-order valence-corrected chi connectivity index (χ0v) is 8.89. The molecule has 1 atom stereocenters. The zero-order valence-electron chi connectivity index (χ0n) is 8.89. The lowest BCUT2D eigenvalue weighted by atomic mass is 10.3. The number of rotatable bonds is 2. The number of amides is 3. The van der Waals surface area contributed by atoms with E-state index in [0.29, 0.717) is 0 Å². The van der Waals surface area contributed by atoms with Crippen molar-refractivity contribution in [1.29, 1.82) is 0 Å². The maximum atomic E-state index is 11.7. The summed E-state index contributed by atoms with van der Waals surface area (Å²) in [5, 5.41) is 9.53. The van der Waals surface area contributed by atoms with Gasteiger partial charge in [0, 0.05) is 12.1 Å². The number of urea groups is 1. The van der Waals surface area contributed by atoms with Crippen molar-refractivity contribution in [3.05, 3.63) is 0 Å². The lowest BCUT2D eigenvalue weighted by molar-refractivity contribution is -0.138. The molecule has 1 saturated heterocycles. The Morgan fingerprint density at radius 1 is 1.14 bits per heavy atom. The molecule has 14 heavy (non-hydrogen) atoms. The Balaban J connectivity index is 2.97. The van der Waals surface area contributed by atoms with E-state index in [-0.39, 0.29) is 12.1 Å². The van der Waals surface area contributed by atoms with Crippen LogP contribution in [0.4, 0.5) is 4.79 Å². The van der Waals surface area contributed by atoms with Crippen LogP contribution in [0, 0.1) is 0 Å². The molecule has 80 valence electrons. The number of hydrogen-bond acceptors (Lipinski definition) is 3. The highest BCUT2D eigenvalue weighted by atomic mass is 16.3. The van der Waals surface area contributed by atoms with Crippen LogP contribution in [0.5, 0.6) is 0 Å². The van der Waals surface area contributed by atoms with Gasteiger partial charge < -0.3 is 5.11 Å². The van der Waals surface area contributed by atoms with Gasteiger partial charge in [0.2, 0.25) is 6.23 Å². The number of nitrogens with zero attached hydrogens (tertiary/aromatic N) is 2. The summed E-state index contributed by atoms with van der Waals surface area (Å²) in [5.41, 5.74) is 0. The average Bonchev–Trinajstić information content (AvgIpc) is 2.23. The van der Waals surface area contributed by atoms with Crippen LogP contribution in [0.25, 0.3) is 0 Å². The van der Waals surface area contributed by atoms with Crippen molar-refractivity contribution in [2.24, 2.45) is 0 Å². The minimum Gasteiger partial charge on any atom is -0.365 e. The van der Waals surface area contributed by atoms with Crippen LogP contribution in [0.15, 0.2) is 0 Å². The predicted octanol–water partition coefficient (Wildman–Crippen LogP) is 0.386. The molecule has 1 aliphatic heterocycles. The molecule has 0 aromatic rings. The molecule has 0 aromatic carbocycles. The first kappa shape index (κ1) is 11.0. The van der Waals surface area contributed by atoms with E-state index < -0.39 is 18.2 Å². The van der Waals surface area contributed by atoms with Gasteiger partial charge in [-0.25, -0.2) is 4.79 Å². The van der Waals surface area contributed by atoms with Crippen LogP contribution in [-0.4, -0.2) is 45.2 Å². The third-order valence-electron chi connectivity index (χ3n) is 2.22.